The maximum absolute atomic E-state index is 11.8. The van der Waals surface area contributed by atoms with Crippen LogP contribution in [-0.2, 0) is 11.8 Å². The summed E-state index contributed by atoms with van der Waals surface area (Å²) in [5.74, 6) is -0.322. The molecule has 4 heteroatoms. The lowest BCUT2D eigenvalue weighted by Crippen LogP contribution is -2.03. The first-order chi connectivity index (χ1) is 8.57. The van der Waals surface area contributed by atoms with Crippen LogP contribution in [0.5, 0.6) is 0 Å². The van der Waals surface area contributed by atoms with E-state index in [-0.39, 0.29) is 5.97 Å². The van der Waals surface area contributed by atoms with Gasteiger partial charge in [0.25, 0.3) is 0 Å². The van der Waals surface area contributed by atoms with Crippen LogP contribution in [-0.4, -0.2) is 17.6 Å². The molecule has 0 unspecified atom stereocenters. The number of halogens is 1. The molecule has 0 bridgehead atoms. The lowest BCUT2D eigenvalue weighted by Gasteiger charge is -2.05. The molecule has 94 valence electrons. The number of methoxy groups -OCH3 is 1. The van der Waals surface area contributed by atoms with Gasteiger partial charge in [-0.3, -0.25) is 0 Å². The van der Waals surface area contributed by atoms with Gasteiger partial charge in [-0.15, -0.1) is 0 Å². The minimum absolute atomic E-state index is 0.322. The van der Waals surface area contributed by atoms with Crippen molar-refractivity contribution in [2.45, 2.75) is 6.92 Å². The molecular weight excluding hydrogens is 294 g/mol. The zero-order chi connectivity index (χ0) is 13.3. The molecule has 0 aliphatic rings. The molecule has 1 aromatic heterocycles. The summed E-state index contributed by atoms with van der Waals surface area (Å²) in [4.78, 5) is 11.8. The van der Waals surface area contributed by atoms with Gasteiger partial charge in [-0.1, -0.05) is 30.3 Å². The molecule has 1 aromatic carbocycles. The van der Waals surface area contributed by atoms with Gasteiger partial charge in [0.2, 0.25) is 0 Å². The molecule has 2 rings (SSSR count). The minimum atomic E-state index is -0.322. The summed E-state index contributed by atoms with van der Waals surface area (Å²) in [5, 5.41) is 0. The van der Waals surface area contributed by atoms with Crippen LogP contribution in [0.1, 0.15) is 16.1 Å². The molecule has 0 saturated carbocycles. The first kappa shape index (κ1) is 12.9. The van der Waals surface area contributed by atoms with E-state index >= 15 is 0 Å². The zero-order valence-corrected chi connectivity index (χ0v) is 12.1. The second-order valence-corrected chi connectivity index (χ2v) is 4.83. The van der Waals surface area contributed by atoms with Crippen molar-refractivity contribution in [2.75, 3.05) is 7.11 Å². The van der Waals surface area contributed by atoms with E-state index in [1.54, 1.807) is 0 Å². The second-order valence-electron chi connectivity index (χ2n) is 4.04. The molecule has 3 nitrogen and oxygen atoms in total. The molecule has 1 heterocycles. The third-order valence-electron chi connectivity index (χ3n) is 3.06. The molecule has 0 fully saturated rings. The molecule has 0 N–H and O–H groups in total. The smallest absolute Gasteiger partial charge is 0.340 e. The Labute approximate surface area is 115 Å². The highest BCUT2D eigenvalue weighted by molar-refractivity contribution is 9.10. The Morgan fingerprint density at radius 3 is 2.44 bits per heavy atom. The van der Waals surface area contributed by atoms with E-state index in [0.29, 0.717) is 5.56 Å². The standard InChI is InChI=1S/C14H14BrNO2/c1-9-11(14(17)18-3)12(15)13(16(9)2)10-7-5-4-6-8-10/h4-8H,1-3H3. The monoisotopic (exact) mass is 307 g/mol. The normalized spacial score (nSPS) is 10.4. The van der Waals surface area contributed by atoms with Crippen LogP contribution in [0.15, 0.2) is 34.8 Å². The highest BCUT2D eigenvalue weighted by atomic mass is 79.9. The van der Waals surface area contributed by atoms with Crippen molar-refractivity contribution in [1.29, 1.82) is 0 Å². The molecule has 18 heavy (non-hydrogen) atoms. The molecule has 0 radical (unpaired) electrons. The first-order valence-corrected chi connectivity index (χ1v) is 6.35. The van der Waals surface area contributed by atoms with E-state index in [2.05, 4.69) is 15.9 Å². The third kappa shape index (κ3) is 1.97. The first-order valence-electron chi connectivity index (χ1n) is 5.56. The largest absolute Gasteiger partial charge is 0.465 e. The van der Waals surface area contributed by atoms with E-state index < -0.39 is 0 Å². The van der Waals surface area contributed by atoms with Crippen LogP contribution in [0, 0.1) is 6.92 Å². The molecule has 0 spiro atoms. The molecule has 0 atom stereocenters. The third-order valence-corrected chi connectivity index (χ3v) is 3.84. The van der Waals surface area contributed by atoms with E-state index in [9.17, 15) is 4.79 Å². The average molecular weight is 308 g/mol. The Bertz CT molecular complexity index is 588. The van der Waals surface area contributed by atoms with Crippen molar-refractivity contribution in [1.82, 2.24) is 4.57 Å². The fraction of sp³-hybridized carbons (Fsp3) is 0.214. The van der Waals surface area contributed by atoms with Crippen molar-refractivity contribution < 1.29 is 9.53 Å². The van der Waals surface area contributed by atoms with E-state index in [4.69, 9.17) is 4.74 Å². The van der Waals surface area contributed by atoms with Crippen LogP contribution >= 0.6 is 15.9 Å². The summed E-state index contributed by atoms with van der Waals surface area (Å²) >= 11 is 3.51. The number of benzene rings is 1. The summed E-state index contributed by atoms with van der Waals surface area (Å²) in [6, 6.07) is 9.94. The van der Waals surface area contributed by atoms with Crippen LogP contribution < -0.4 is 0 Å². The van der Waals surface area contributed by atoms with Gasteiger partial charge < -0.3 is 9.30 Å². The summed E-state index contributed by atoms with van der Waals surface area (Å²) < 4.78 is 7.59. The highest BCUT2D eigenvalue weighted by Crippen LogP contribution is 2.35. The molecule has 2 aromatic rings. The van der Waals surface area contributed by atoms with Gasteiger partial charge in [0, 0.05) is 12.7 Å². The number of hydrogen-bond donors (Lipinski definition) is 0. The van der Waals surface area contributed by atoms with Gasteiger partial charge in [-0.2, -0.15) is 0 Å². The number of ether oxygens (including phenoxy) is 1. The summed E-state index contributed by atoms with van der Waals surface area (Å²) in [6.45, 7) is 1.91. The fourth-order valence-electron chi connectivity index (χ4n) is 2.02. The zero-order valence-electron chi connectivity index (χ0n) is 10.5. The highest BCUT2D eigenvalue weighted by Gasteiger charge is 2.23. The van der Waals surface area contributed by atoms with Crippen LogP contribution in [0.4, 0.5) is 0 Å². The number of hydrogen-bond acceptors (Lipinski definition) is 2. The molecule has 0 amide bonds. The van der Waals surface area contributed by atoms with Gasteiger partial charge in [-0.25, -0.2) is 4.79 Å². The number of esters is 1. The Hall–Kier alpha value is -1.55. The maximum Gasteiger partial charge on any atom is 0.340 e. The quantitative estimate of drug-likeness (QED) is 0.795. The second kappa shape index (κ2) is 4.98. The van der Waals surface area contributed by atoms with Crippen LogP contribution in [0.25, 0.3) is 11.3 Å². The van der Waals surface area contributed by atoms with Crippen molar-refractivity contribution in [3.63, 3.8) is 0 Å². The summed E-state index contributed by atoms with van der Waals surface area (Å²) in [5.41, 5.74) is 3.50. The molecule has 0 aliphatic carbocycles. The van der Waals surface area contributed by atoms with Crippen LogP contribution in [0.2, 0.25) is 0 Å². The fourth-order valence-corrected chi connectivity index (χ4v) is 2.96. The van der Waals surface area contributed by atoms with E-state index in [0.717, 1.165) is 21.4 Å². The average Bonchev–Trinajstić information content (AvgIpc) is 2.61. The van der Waals surface area contributed by atoms with Crippen molar-refractivity contribution >= 4 is 21.9 Å². The number of aromatic nitrogens is 1. The lowest BCUT2D eigenvalue weighted by molar-refractivity contribution is 0.0599. The topological polar surface area (TPSA) is 31.2 Å². The Balaban J connectivity index is 2.68. The van der Waals surface area contributed by atoms with E-state index in [1.165, 1.54) is 7.11 Å². The van der Waals surface area contributed by atoms with Gasteiger partial charge in [0.15, 0.2) is 0 Å². The molecular formula is C14H14BrNO2. The summed E-state index contributed by atoms with van der Waals surface area (Å²) in [6.07, 6.45) is 0. The van der Waals surface area contributed by atoms with Gasteiger partial charge in [-0.05, 0) is 28.4 Å². The SMILES string of the molecule is COC(=O)c1c(Br)c(-c2ccccc2)n(C)c1C. The number of carbonyl (C=O) groups is 1. The van der Waals surface area contributed by atoms with Gasteiger partial charge in [0.05, 0.1) is 22.8 Å². The van der Waals surface area contributed by atoms with Crippen molar-refractivity contribution in [2.24, 2.45) is 7.05 Å². The summed E-state index contributed by atoms with van der Waals surface area (Å²) in [7, 11) is 3.33. The van der Waals surface area contributed by atoms with Crippen molar-refractivity contribution in [3.8, 4) is 11.3 Å². The number of carbonyl (C=O) groups excluding carboxylic acids is 1. The number of nitrogens with zero attached hydrogens (tertiary/aromatic N) is 1. The molecule has 0 aliphatic heterocycles. The Kier molecular flexibility index (Phi) is 3.57. The Morgan fingerprint density at radius 2 is 1.89 bits per heavy atom. The number of rotatable bonds is 2. The van der Waals surface area contributed by atoms with E-state index in [1.807, 2.05) is 48.9 Å². The maximum atomic E-state index is 11.8. The van der Waals surface area contributed by atoms with Crippen LogP contribution in [0.3, 0.4) is 0 Å². The molecule has 0 saturated heterocycles. The lowest BCUT2D eigenvalue weighted by atomic mass is 10.1. The Morgan fingerprint density at radius 1 is 1.28 bits per heavy atom. The van der Waals surface area contributed by atoms with Gasteiger partial charge in [0.1, 0.15) is 0 Å². The van der Waals surface area contributed by atoms with Crippen molar-refractivity contribution in [3.05, 3.63) is 46.1 Å². The van der Waals surface area contributed by atoms with Gasteiger partial charge >= 0.3 is 5.97 Å². The predicted molar refractivity (Wildman–Crippen MR) is 74.6 cm³/mol. The predicted octanol–water partition coefficient (Wildman–Crippen LogP) is 3.55. The minimum Gasteiger partial charge on any atom is -0.465 e.